The zero-order valence-corrected chi connectivity index (χ0v) is 30.2. The van der Waals surface area contributed by atoms with Crippen LogP contribution in [0, 0.1) is 0 Å². The molecule has 0 atom stereocenters. The Morgan fingerprint density at radius 3 is 1.56 bits per heavy atom. The van der Waals surface area contributed by atoms with E-state index < -0.39 is 0 Å². The molecule has 3 nitrogen and oxygen atoms in total. The van der Waals surface area contributed by atoms with Crippen LogP contribution in [0.25, 0.3) is 66.1 Å². The number of rotatable bonds is 4. The van der Waals surface area contributed by atoms with Gasteiger partial charge in [-0.15, -0.1) is 0 Å². The van der Waals surface area contributed by atoms with Gasteiger partial charge in [-0.1, -0.05) is 117 Å². The van der Waals surface area contributed by atoms with E-state index in [-0.39, 0.29) is 5.41 Å². The van der Waals surface area contributed by atoms with Crippen molar-refractivity contribution in [2.45, 2.75) is 19.3 Å². The highest BCUT2D eigenvalue weighted by Crippen LogP contribution is 2.52. The first kappa shape index (κ1) is 30.8. The fourth-order valence-electron chi connectivity index (χ4n) is 9.12. The molecule has 0 spiro atoms. The quantitative estimate of drug-likeness (QED) is 0.179. The SMILES string of the molecule is CC1(C)c2ccccc2N(c2ccccc2)c2ccc(-c3ccc4c(c3)c3ccccc3n4-c3ccc4c(c3)c3ccccc3n4-c3ccccc3)cc21. The summed E-state index contributed by atoms with van der Waals surface area (Å²) in [5.41, 5.74) is 15.7. The average Bonchev–Trinajstić information content (AvgIpc) is 3.74. The number of aromatic nitrogens is 2. The molecule has 0 amide bonds. The third-order valence-corrected chi connectivity index (χ3v) is 11.7. The number of anilines is 3. The number of nitrogens with zero attached hydrogens (tertiary/aromatic N) is 3. The minimum absolute atomic E-state index is 0.171. The summed E-state index contributed by atoms with van der Waals surface area (Å²) in [6.07, 6.45) is 0. The van der Waals surface area contributed by atoms with Gasteiger partial charge in [0, 0.05) is 44.0 Å². The summed E-state index contributed by atoms with van der Waals surface area (Å²) in [5.74, 6) is 0. The zero-order chi connectivity index (χ0) is 36.0. The van der Waals surface area contributed by atoms with Crippen LogP contribution in [-0.4, -0.2) is 9.13 Å². The lowest BCUT2D eigenvalue weighted by molar-refractivity contribution is 0.632. The Kier molecular flexibility index (Phi) is 6.60. The van der Waals surface area contributed by atoms with Crippen molar-refractivity contribution in [3.63, 3.8) is 0 Å². The van der Waals surface area contributed by atoms with Gasteiger partial charge in [-0.25, -0.2) is 0 Å². The van der Waals surface area contributed by atoms with Crippen LogP contribution >= 0.6 is 0 Å². The monoisotopic (exact) mass is 691 g/mol. The highest BCUT2D eigenvalue weighted by atomic mass is 15.2. The molecule has 0 radical (unpaired) electrons. The highest BCUT2D eigenvalue weighted by molar-refractivity contribution is 6.13. The van der Waals surface area contributed by atoms with Crippen LogP contribution in [0.1, 0.15) is 25.0 Å². The lowest BCUT2D eigenvalue weighted by Crippen LogP contribution is -2.30. The highest BCUT2D eigenvalue weighted by Gasteiger charge is 2.37. The first-order valence-electron chi connectivity index (χ1n) is 18.8. The number of hydrogen-bond donors (Lipinski definition) is 0. The number of benzene rings is 8. The third-order valence-electron chi connectivity index (χ3n) is 11.7. The van der Waals surface area contributed by atoms with E-state index in [1.165, 1.54) is 88.6 Å². The van der Waals surface area contributed by atoms with Crippen LogP contribution in [0.2, 0.25) is 0 Å². The second kappa shape index (κ2) is 11.6. The second-order valence-electron chi connectivity index (χ2n) is 15.0. The van der Waals surface area contributed by atoms with Crippen LogP contribution in [0.5, 0.6) is 0 Å². The molecule has 0 unspecified atom stereocenters. The topological polar surface area (TPSA) is 13.1 Å². The fraction of sp³-hybridized carbons (Fsp3) is 0.0588. The number of para-hydroxylation sites is 5. The molecule has 0 N–H and O–H groups in total. The van der Waals surface area contributed by atoms with E-state index in [2.05, 4.69) is 216 Å². The lowest BCUT2D eigenvalue weighted by Gasteiger charge is -2.42. The largest absolute Gasteiger partial charge is 0.310 e. The summed E-state index contributed by atoms with van der Waals surface area (Å²) in [7, 11) is 0. The Balaban J connectivity index is 1.08. The van der Waals surface area contributed by atoms with Crippen molar-refractivity contribution in [3.8, 4) is 22.5 Å². The Labute approximate surface area is 314 Å². The van der Waals surface area contributed by atoms with E-state index in [4.69, 9.17) is 0 Å². The summed E-state index contributed by atoms with van der Waals surface area (Å²) in [4.78, 5) is 2.42. The first-order valence-corrected chi connectivity index (χ1v) is 18.8. The standard InChI is InChI=1S/C51H37N3/c1-51(2)43-21-11-14-24-49(43)53(37-17-7-4-8-18-37)50-29-26-35(32-44(50)51)34-25-28-47-41(31-34)39-19-9-13-23-46(39)54(47)38-27-30-48-42(33-38)40-20-10-12-22-45(40)52(48)36-15-5-3-6-16-36/h3-33H,1-2H3. The maximum absolute atomic E-state index is 2.44. The molecule has 8 aromatic carbocycles. The molecule has 3 heterocycles. The molecule has 0 saturated heterocycles. The smallest absolute Gasteiger partial charge is 0.0542 e. The maximum atomic E-state index is 2.44. The fourth-order valence-corrected chi connectivity index (χ4v) is 9.12. The van der Waals surface area contributed by atoms with Gasteiger partial charge in [0.25, 0.3) is 0 Å². The van der Waals surface area contributed by atoms with Crippen molar-refractivity contribution >= 4 is 60.7 Å². The molecule has 3 heteroatoms. The molecular formula is C51H37N3. The Morgan fingerprint density at radius 2 is 0.833 bits per heavy atom. The van der Waals surface area contributed by atoms with Crippen LogP contribution in [0.15, 0.2) is 188 Å². The van der Waals surface area contributed by atoms with E-state index in [0.29, 0.717) is 0 Å². The van der Waals surface area contributed by atoms with Crippen molar-refractivity contribution in [1.82, 2.24) is 9.13 Å². The van der Waals surface area contributed by atoms with E-state index in [1.54, 1.807) is 0 Å². The van der Waals surface area contributed by atoms with Gasteiger partial charge in [0.15, 0.2) is 0 Å². The molecule has 1 aliphatic heterocycles. The molecule has 1 aliphatic rings. The molecule has 54 heavy (non-hydrogen) atoms. The Hall–Kier alpha value is -6.84. The predicted octanol–water partition coefficient (Wildman–Crippen LogP) is 13.7. The van der Waals surface area contributed by atoms with Gasteiger partial charge >= 0.3 is 0 Å². The van der Waals surface area contributed by atoms with E-state index in [9.17, 15) is 0 Å². The lowest BCUT2D eigenvalue weighted by atomic mass is 9.73. The minimum atomic E-state index is -0.171. The number of fused-ring (bicyclic) bond motifs is 8. The van der Waals surface area contributed by atoms with Gasteiger partial charge in [0.1, 0.15) is 0 Å². The summed E-state index contributed by atoms with van der Waals surface area (Å²) >= 11 is 0. The Morgan fingerprint density at radius 1 is 0.333 bits per heavy atom. The van der Waals surface area contributed by atoms with Crippen molar-refractivity contribution in [1.29, 1.82) is 0 Å². The van der Waals surface area contributed by atoms with Gasteiger partial charge in [-0.2, -0.15) is 0 Å². The predicted molar refractivity (Wildman–Crippen MR) is 227 cm³/mol. The second-order valence-corrected chi connectivity index (χ2v) is 15.0. The van der Waals surface area contributed by atoms with Gasteiger partial charge in [-0.05, 0) is 107 Å². The van der Waals surface area contributed by atoms with Crippen molar-refractivity contribution < 1.29 is 0 Å². The molecule has 0 fully saturated rings. The summed E-state index contributed by atoms with van der Waals surface area (Å²) in [5, 5.41) is 5.01. The Bertz CT molecular complexity index is 3070. The van der Waals surface area contributed by atoms with Crippen LogP contribution in [-0.2, 0) is 5.41 Å². The normalized spacial score (nSPS) is 13.5. The van der Waals surface area contributed by atoms with Crippen molar-refractivity contribution in [3.05, 3.63) is 199 Å². The van der Waals surface area contributed by atoms with Gasteiger partial charge in [0.05, 0.1) is 33.4 Å². The molecule has 0 saturated carbocycles. The van der Waals surface area contributed by atoms with Crippen molar-refractivity contribution in [2.75, 3.05) is 4.90 Å². The molecule has 256 valence electrons. The molecule has 0 bridgehead atoms. The summed E-state index contributed by atoms with van der Waals surface area (Å²) < 4.78 is 4.82. The summed E-state index contributed by atoms with van der Waals surface area (Å²) in [6, 6.07) is 68.9. The zero-order valence-electron chi connectivity index (χ0n) is 30.2. The molecule has 10 aromatic rings. The number of hydrogen-bond acceptors (Lipinski definition) is 1. The molecule has 11 rings (SSSR count). The van der Waals surface area contributed by atoms with E-state index in [1.807, 2.05) is 0 Å². The van der Waals surface area contributed by atoms with E-state index >= 15 is 0 Å². The molecule has 2 aromatic heterocycles. The molecule has 0 aliphatic carbocycles. The van der Waals surface area contributed by atoms with Gasteiger partial charge in [0.2, 0.25) is 0 Å². The van der Waals surface area contributed by atoms with Crippen LogP contribution in [0.3, 0.4) is 0 Å². The van der Waals surface area contributed by atoms with Crippen molar-refractivity contribution in [2.24, 2.45) is 0 Å². The van der Waals surface area contributed by atoms with E-state index in [0.717, 1.165) is 5.69 Å². The van der Waals surface area contributed by atoms with Crippen LogP contribution in [0.4, 0.5) is 17.1 Å². The minimum Gasteiger partial charge on any atom is -0.310 e. The molecular weight excluding hydrogens is 655 g/mol. The first-order chi connectivity index (χ1) is 26.6. The third kappa shape index (κ3) is 4.42. The van der Waals surface area contributed by atoms with Gasteiger partial charge in [-0.3, -0.25) is 0 Å². The average molecular weight is 692 g/mol. The van der Waals surface area contributed by atoms with Gasteiger partial charge < -0.3 is 14.0 Å². The summed E-state index contributed by atoms with van der Waals surface area (Å²) in [6.45, 7) is 4.73. The van der Waals surface area contributed by atoms with Crippen LogP contribution < -0.4 is 4.90 Å². The maximum Gasteiger partial charge on any atom is 0.0542 e.